The van der Waals surface area contributed by atoms with E-state index in [0.717, 1.165) is 25.7 Å². The molecule has 0 radical (unpaired) electrons. The first kappa shape index (κ1) is 21.2. The summed E-state index contributed by atoms with van der Waals surface area (Å²) in [4.78, 5) is 24.1. The topological polar surface area (TPSA) is 58.2 Å². The number of hydrogen-bond donors (Lipinski definition) is 2. The third kappa shape index (κ3) is 9.90. The Balaban J connectivity index is 2.20. The van der Waals surface area contributed by atoms with Gasteiger partial charge in [0.05, 0.1) is 0 Å². The molecule has 0 saturated heterocycles. The van der Waals surface area contributed by atoms with Crippen molar-refractivity contribution in [2.45, 2.75) is 84.2 Å². The number of amides is 2. The van der Waals surface area contributed by atoms with Gasteiger partial charge in [0.15, 0.2) is 0 Å². The summed E-state index contributed by atoms with van der Waals surface area (Å²) >= 11 is 0. The smallest absolute Gasteiger partial charge is 0.242 e. The van der Waals surface area contributed by atoms with E-state index >= 15 is 0 Å². The Morgan fingerprint density at radius 1 is 0.960 bits per heavy atom. The lowest BCUT2D eigenvalue weighted by Gasteiger charge is -2.18. The zero-order valence-corrected chi connectivity index (χ0v) is 16.0. The molecular weight excluding hydrogens is 312 g/mol. The standard InChI is InChI=1S/C21H34N2O2/c1-4-5-6-7-11-14-20(24)23-18(3)21(25)22-17(2)15-16-19-12-9-8-10-13-19/h8-10,12-13,17-18H,4-7,11,14-16H2,1-3H3,(H,22,25)(H,23,24)/t17-,18-/m0/s1. The zero-order chi connectivity index (χ0) is 18.5. The molecule has 0 aliphatic carbocycles. The second kappa shape index (κ2) is 12.5. The van der Waals surface area contributed by atoms with Gasteiger partial charge >= 0.3 is 0 Å². The minimum atomic E-state index is -0.484. The third-order valence-corrected chi connectivity index (χ3v) is 4.38. The summed E-state index contributed by atoms with van der Waals surface area (Å²) in [6, 6.07) is 9.85. The van der Waals surface area contributed by atoms with Crippen LogP contribution in [-0.2, 0) is 16.0 Å². The molecule has 1 aromatic carbocycles. The van der Waals surface area contributed by atoms with Gasteiger partial charge in [-0.3, -0.25) is 9.59 Å². The Morgan fingerprint density at radius 2 is 1.64 bits per heavy atom. The predicted molar refractivity (Wildman–Crippen MR) is 103 cm³/mol. The van der Waals surface area contributed by atoms with E-state index in [1.54, 1.807) is 6.92 Å². The minimum Gasteiger partial charge on any atom is -0.352 e. The minimum absolute atomic E-state index is 0.0314. The van der Waals surface area contributed by atoms with Crippen LogP contribution >= 0.6 is 0 Å². The summed E-state index contributed by atoms with van der Waals surface area (Å²) in [5.41, 5.74) is 1.27. The fourth-order valence-electron chi connectivity index (χ4n) is 2.74. The van der Waals surface area contributed by atoms with Crippen molar-refractivity contribution in [2.75, 3.05) is 0 Å². The van der Waals surface area contributed by atoms with Crippen LogP contribution in [0.5, 0.6) is 0 Å². The Kier molecular flexibility index (Phi) is 10.6. The second-order valence-electron chi connectivity index (χ2n) is 6.89. The maximum atomic E-state index is 12.2. The molecule has 1 rings (SSSR count). The first-order valence-electron chi connectivity index (χ1n) is 9.66. The average molecular weight is 347 g/mol. The van der Waals surface area contributed by atoms with Gasteiger partial charge in [0.2, 0.25) is 11.8 Å². The molecule has 0 aliphatic rings. The summed E-state index contributed by atoms with van der Waals surface area (Å²) in [6.45, 7) is 5.92. The van der Waals surface area contributed by atoms with E-state index in [1.165, 1.54) is 24.8 Å². The van der Waals surface area contributed by atoms with E-state index in [4.69, 9.17) is 0 Å². The number of carbonyl (C=O) groups excluding carboxylic acids is 2. The van der Waals surface area contributed by atoms with E-state index in [2.05, 4.69) is 29.7 Å². The lowest BCUT2D eigenvalue weighted by Crippen LogP contribution is -2.47. The molecule has 25 heavy (non-hydrogen) atoms. The van der Waals surface area contributed by atoms with Crippen LogP contribution in [0.25, 0.3) is 0 Å². The van der Waals surface area contributed by atoms with Crippen LogP contribution in [0, 0.1) is 0 Å². The highest BCUT2D eigenvalue weighted by molar-refractivity contribution is 5.87. The van der Waals surface area contributed by atoms with Crippen molar-refractivity contribution in [3.8, 4) is 0 Å². The van der Waals surface area contributed by atoms with Crippen LogP contribution in [0.4, 0.5) is 0 Å². The van der Waals surface area contributed by atoms with Crippen molar-refractivity contribution in [3.63, 3.8) is 0 Å². The van der Waals surface area contributed by atoms with Gasteiger partial charge in [-0.05, 0) is 38.7 Å². The van der Waals surface area contributed by atoms with Crippen molar-refractivity contribution in [2.24, 2.45) is 0 Å². The number of carbonyl (C=O) groups is 2. The first-order chi connectivity index (χ1) is 12.0. The Labute approximate surface area is 152 Å². The fourth-order valence-corrected chi connectivity index (χ4v) is 2.74. The maximum Gasteiger partial charge on any atom is 0.242 e. The third-order valence-electron chi connectivity index (χ3n) is 4.38. The number of benzene rings is 1. The summed E-state index contributed by atoms with van der Waals surface area (Å²) in [6.07, 6.45) is 7.90. The lowest BCUT2D eigenvalue weighted by molar-refractivity contribution is -0.129. The molecule has 0 unspecified atom stereocenters. The molecule has 2 atom stereocenters. The van der Waals surface area contributed by atoms with Crippen LogP contribution in [0.1, 0.15) is 71.3 Å². The molecule has 0 aromatic heterocycles. The molecule has 2 amide bonds. The van der Waals surface area contributed by atoms with Crippen molar-refractivity contribution < 1.29 is 9.59 Å². The van der Waals surface area contributed by atoms with Crippen LogP contribution < -0.4 is 10.6 Å². The normalized spacial score (nSPS) is 13.1. The van der Waals surface area contributed by atoms with Gasteiger partial charge in [0, 0.05) is 12.5 Å². The first-order valence-corrected chi connectivity index (χ1v) is 9.66. The van der Waals surface area contributed by atoms with Gasteiger partial charge in [-0.1, -0.05) is 62.9 Å². The van der Waals surface area contributed by atoms with Gasteiger partial charge in [0.1, 0.15) is 6.04 Å². The molecular formula is C21H34N2O2. The monoisotopic (exact) mass is 346 g/mol. The SMILES string of the molecule is CCCCCCCC(=O)N[C@@H](C)C(=O)N[C@@H](C)CCc1ccccc1. The Hall–Kier alpha value is -1.84. The number of rotatable bonds is 12. The van der Waals surface area contributed by atoms with E-state index in [-0.39, 0.29) is 17.9 Å². The Morgan fingerprint density at radius 3 is 2.32 bits per heavy atom. The van der Waals surface area contributed by atoms with Gasteiger partial charge < -0.3 is 10.6 Å². The van der Waals surface area contributed by atoms with Crippen molar-refractivity contribution in [3.05, 3.63) is 35.9 Å². The quantitative estimate of drug-likeness (QED) is 0.562. The number of nitrogens with one attached hydrogen (secondary N) is 2. The van der Waals surface area contributed by atoms with E-state index < -0.39 is 6.04 Å². The summed E-state index contributed by atoms with van der Waals surface area (Å²) in [5, 5.41) is 5.78. The molecule has 4 nitrogen and oxygen atoms in total. The average Bonchev–Trinajstić information content (AvgIpc) is 2.60. The van der Waals surface area contributed by atoms with Crippen LogP contribution in [0.15, 0.2) is 30.3 Å². The molecule has 140 valence electrons. The van der Waals surface area contributed by atoms with Gasteiger partial charge in [-0.25, -0.2) is 0 Å². The van der Waals surface area contributed by atoms with Gasteiger partial charge in [-0.2, -0.15) is 0 Å². The van der Waals surface area contributed by atoms with E-state index in [0.29, 0.717) is 6.42 Å². The molecule has 2 N–H and O–H groups in total. The van der Waals surface area contributed by atoms with Crippen LogP contribution in [0.2, 0.25) is 0 Å². The van der Waals surface area contributed by atoms with Crippen molar-refractivity contribution in [1.29, 1.82) is 0 Å². The predicted octanol–water partition coefficient (Wildman–Crippen LogP) is 3.99. The highest BCUT2D eigenvalue weighted by atomic mass is 16.2. The van der Waals surface area contributed by atoms with E-state index in [9.17, 15) is 9.59 Å². The zero-order valence-electron chi connectivity index (χ0n) is 16.0. The molecule has 0 spiro atoms. The number of unbranched alkanes of at least 4 members (excludes halogenated alkanes) is 4. The molecule has 1 aromatic rings. The van der Waals surface area contributed by atoms with Gasteiger partial charge in [-0.15, -0.1) is 0 Å². The lowest BCUT2D eigenvalue weighted by atomic mass is 10.1. The second-order valence-corrected chi connectivity index (χ2v) is 6.89. The van der Waals surface area contributed by atoms with Crippen molar-refractivity contribution >= 4 is 11.8 Å². The molecule has 0 heterocycles. The largest absolute Gasteiger partial charge is 0.352 e. The highest BCUT2D eigenvalue weighted by Gasteiger charge is 2.17. The van der Waals surface area contributed by atoms with Gasteiger partial charge in [0.25, 0.3) is 0 Å². The van der Waals surface area contributed by atoms with Crippen LogP contribution in [0.3, 0.4) is 0 Å². The number of aryl methyl sites for hydroxylation is 1. The molecule has 0 aliphatic heterocycles. The molecule has 4 heteroatoms. The van der Waals surface area contributed by atoms with E-state index in [1.807, 2.05) is 25.1 Å². The Bertz CT molecular complexity index is 502. The molecule has 0 bridgehead atoms. The summed E-state index contributed by atoms with van der Waals surface area (Å²) in [7, 11) is 0. The summed E-state index contributed by atoms with van der Waals surface area (Å²) in [5.74, 6) is -0.143. The summed E-state index contributed by atoms with van der Waals surface area (Å²) < 4.78 is 0. The number of hydrogen-bond acceptors (Lipinski definition) is 2. The van der Waals surface area contributed by atoms with Crippen molar-refractivity contribution in [1.82, 2.24) is 10.6 Å². The fraction of sp³-hybridized carbons (Fsp3) is 0.619. The highest BCUT2D eigenvalue weighted by Crippen LogP contribution is 2.06. The molecule has 0 saturated carbocycles. The van der Waals surface area contributed by atoms with Crippen LogP contribution in [-0.4, -0.2) is 23.9 Å². The molecule has 0 fully saturated rings. The maximum absolute atomic E-state index is 12.2.